The zero-order valence-corrected chi connectivity index (χ0v) is 17.5. The molecule has 0 radical (unpaired) electrons. The molecule has 1 heterocycles. The molecule has 0 aliphatic carbocycles. The Labute approximate surface area is 180 Å². The highest BCUT2D eigenvalue weighted by Crippen LogP contribution is 2.12. The van der Waals surface area contributed by atoms with Crippen molar-refractivity contribution >= 4 is 23.9 Å². The number of carbonyl (C=O) groups is 4. The van der Waals surface area contributed by atoms with Crippen LogP contribution in [0, 0.1) is 0 Å². The summed E-state index contributed by atoms with van der Waals surface area (Å²) in [4.78, 5) is 50.0. The van der Waals surface area contributed by atoms with Gasteiger partial charge in [-0.2, -0.15) is 0 Å². The molecular formula is C19H30N2O10. The second kappa shape index (κ2) is 17.2. The van der Waals surface area contributed by atoms with E-state index >= 15 is 0 Å². The van der Waals surface area contributed by atoms with Gasteiger partial charge in [-0.15, -0.1) is 5.06 Å². The minimum atomic E-state index is -0.705. The average molecular weight is 446 g/mol. The lowest BCUT2D eigenvalue weighted by Gasteiger charge is -2.12. The molecule has 0 aromatic heterocycles. The molecule has 176 valence electrons. The highest BCUT2D eigenvalue weighted by atomic mass is 16.7. The van der Waals surface area contributed by atoms with Gasteiger partial charge in [-0.1, -0.05) is 12.7 Å². The third-order valence-corrected chi connectivity index (χ3v) is 3.61. The minimum absolute atomic E-state index is 0.0584. The molecule has 1 saturated heterocycles. The van der Waals surface area contributed by atoms with Crippen LogP contribution in [0.1, 0.15) is 19.3 Å². The molecule has 12 heteroatoms. The zero-order chi connectivity index (χ0) is 22.7. The maximum absolute atomic E-state index is 11.5. The number of nitrogens with zero attached hydrogens (tertiary/aromatic N) is 1. The lowest BCUT2D eigenvalue weighted by molar-refractivity contribution is -0.198. The summed E-state index contributed by atoms with van der Waals surface area (Å²) in [5.41, 5.74) is 0. The molecule has 0 aromatic rings. The topological polar surface area (TPSA) is 139 Å². The fraction of sp³-hybridized carbons (Fsp3) is 0.684. The van der Waals surface area contributed by atoms with Crippen molar-refractivity contribution in [1.82, 2.24) is 10.4 Å². The summed E-state index contributed by atoms with van der Waals surface area (Å²) in [7, 11) is 0. The number of hydrogen-bond acceptors (Lipinski definition) is 10. The van der Waals surface area contributed by atoms with Gasteiger partial charge in [0.25, 0.3) is 11.8 Å². The third-order valence-electron chi connectivity index (χ3n) is 3.61. The van der Waals surface area contributed by atoms with E-state index in [1.807, 2.05) is 0 Å². The first-order valence-corrected chi connectivity index (χ1v) is 9.93. The molecule has 0 unspecified atom stereocenters. The molecular weight excluding hydrogens is 416 g/mol. The SMILES string of the molecule is C=CCOC(=O)NCCOCCOCCOCCOCCC(=O)ON1C(=O)CCC1=O. The van der Waals surface area contributed by atoms with Gasteiger partial charge >= 0.3 is 12.1 Å². The number of imide groups is 1. The van der Waals surface area contributed by atoms with Gasteiger partial charge in [-0.25, -0.2) is 9.59 Å². The smallest absolute Gasteiger partial charge is 0.407 e. The summed E-state index contributed by atoms with van der Waals surface area (Å²) in [6, 6.07) is 0. The summed E-state index contributed by atoms with van der Waals surface area (Å²) in [6.45, 7) is 6.52. The Morgan fingerprint density at radius 1 is 0.871 bits per heavy atom. The first-order valence-electron chi connectivity index (χ1n) is 9.93. The Morgan fingerprint density at radius 3 is 1.94 bits per heavy atom. The minimum Gasteiger partial charge on any atom is -0.445 e. The molecule has 1 aliphatic heterocycles. The van der Waals surface area contributed by atoms with Gasteiger partial charge in [-0.3, -0.25) is 9.59 Å². The Bertz CT molecular complexity index is 568. The van der Waals surface area contributed by atoms with Crippen LogP contribution >= 0.6 is 0 Å². The van der Waals surface area contributed by atoms with Gasteiger partial charge in [0.1, 0.15) is 6.61 Å². The van der Waals surface area contributed by atoms with Crippen molar-refractivity contribution in [2.75, 3.05) is 66.0 Å². The van der Waals surface area contributed by atoms with Crippen molar-refractivity contribution in [1.29, 1.82) is 0 Å². The van der Waals surface area contributed by atoms with E-state index in [1.54, 1.807) is 0 Å². The van der Waals surface area contributed by atoms with Crippen molar-refractivity contribution in [3.8, 4) is 0 Å². The van der Waals surface area contributed by atoms with Crippen molar-refractivity contribution < 1.29 is 47.7 Å². The lowest BCUT2D eigenvalue weighted by atomic mass is 10.4. The Morgan fingerprint density at radius 2 is 1.39 bits per heavy atom. The van der Waals surface area contributed by atoms with E-state index < -0.39 is 23.9 Å². The van der Waals surface area contributed by atoms with Crippen molar-refractivity contribution in [2.45, 2.75) is 19.3 Å². The fourth-order valence-electron chi connectivity index (χ4n) is 2.13. The fourth-order valence-corrected chi connectivity index (χ4v) is 2.13. The summed E-state index contributed by atoms with van der Waals surface area (Å²) in [5.74, 6) is -1.73. The van der Waals surface area contributed by atoms with Crippen LogP contribution in [-0.4, -0.2) is 94.9 Å². The van der Waals surface area contributed by atoms with E-state index in [2.05, 4.69) is 11.9 Å². The first kappa shape index (κ1) is 26.5. The molecule has 3 amide bonds. The standard InChI is InChI=1S/C19H30N2O10/c1-2-7-30-19(25)20-6-9-27-11-13-29-15-14-28-12-10-26-8-5-18(24)31-21-16(22)3-4-17(21)23/h2H,1,3-15H2,(H,20,25). The first-order chi connectivity index (χ1) is 15.0. The predicted octanol–water partition coefficient (Wildman–Crippen LogP) is -0.0377. The van der Waals surface area contributed by atoms with Crippen LogP contribution in [0.2, 0.25) is 0 Å². The molecule has 1 rings (SSSR count). The Kier molecular flexibility index (Phi) is 14.7. The van der Waals surface area contributed by atoms with Crippen LogP contribution in [0.15, 0.2) is 12.7 Å². The second-order valence-electron chi connectivity index (χ2n) is 6.06. The van der Waals surface area contributed by atoms with Gasteiger partial charge in [0.15, 0.2) is 0 Å². The van der Waals surface area contributed by atoms with E-state index in [4.69, 9.17) is 28.5 Å². The number of alkyl carbamates (subject to hydrolysis) is 1. The lowest BCUT2D eigenvalue weighted by Crippen LogP contribution is -2.32. The number of amides is 3. The van der Waals surface area contributed by atoms with E-state index in [0.29, 0.717) is 51.2 Å². The van der Waals surface area contributed by atoms with Gasteiger partial charge in [0.2, 0.25) is 0 Å². The maximum Gasteiger partial charge on any atom is 0.407 e. The van der Waals surface area contributed by atoms with Crippen molar-refractivity contribution in [3.05, 3.63) is 12.7 Å². The van der Waals surface area contributed by atoms with Crippen LogP contribution in [0.25, 0.3) is 0 Å². The highest BCUT2D eigenvalue weighted by Gasteiger charge is 2.32. The van der Waals surface area contributed by atoms with Crippen molar-refractivity contribution in [3.63, 3.8) is 0 Å². The number of nitrogens with one attached hydrogen (secondary N) is 1. The Hall–Kier alpha value is -2.54. The number of hydrogen-bond donors (Lipinski definition) is 1. The van der Waals surface area contributed by atoms with Crippen LogP contribution < -0.4 is 5.32 Å². The van der Waals surface area contributed by atoms with E-state index in [1.165, 1.54) is 6.08 Å². The summed E-state index contributed by atoms with van der Waals surface area (Å²) in [6.07, 6.45) is 1.00. The predicted molar refractivity (Wildman–Crippen MR) is 105 cm³/mol. The van der Waals surface area contributed by atoms with Gasteiger partial charge in [0.05, 0.1) is 59.3 Å². The molecule has 1 fully saturated rings. The van der Waals surface area contributed by atoms with E-state index in [9.17, 15) is 19.2 Å². The van der Waals surface area contributed by atoms with E-state index in [0.717, 1.165) is 0 Å². The maximum atomic E-state index is 11.5. The Balaban J connectivity index is 1.79. The summed E-state index contributed by atoms with van der Waals surface area (Å²) < 4.78 is 25.9. The number of rotatable bonds is 18. The van der Waals surface area contributed by atoms with Crippen LogP contribution in [0.5, 0.6) is 0 Å². The zero-order valence-electron chi connectivity index (χ0n) is 17.5. The molecule has 0 atom stereocenters. The van der Waals surface area contributed by atoms with Crippen molar-refractivity contribution in [2.24, 2.45) is 0 Å². The number of ether oxygens (including phenoxy) is 5. The van der Waals surface area contributed by atoms with E-state index in [-0.39, 0.29) is 39.1 Å². The molecule has 0 spiro atoms. The summed E-state index contributed by atoms with van der Waals surface area (Å²) in [5, 5.41) is 3.03. The second-order valence-corrected chi connectivity index (χ2v) is 6.06. The summed E-state index contributed by atoms with van der Waals surface area (Å²) >= 11 is 0. The molecule has 0 saturated carbocycles. The molecule has 0 bridgehead atoms. The van der Waals surface area contributed by atoms with Gasteiger partial charge in [-0.05, 0) is 0 Å². The largest absolute Gasteiger partial charge is 0.445 e. The number of hydroxylamine groups is 2. The normalized spacial score (nSPS) is 13.4. The van der Waals surface area contributed by atoms with Gasteiger partial charge in [0, 0.05) is 19.4 Å². The molecule has 0 aromatic carbocycles. The molecule has 1 N–H and O–H groups in total. The van der Waals surface area contributed by atoms with Crippen LogP contribution in [-0.2, 0) is 42.9 Å². The monoisotopic (exact) mass is 446 g/mol. The van der Waals surface area contributed by atoms with Gasteiger partial charge < -0.3 is 33.8 Å². The average Bonchev–Trinajstić information content (AvgIpc) is 3.06. The molecule has 12 nitrogen and oxygen atoms in total. The number of carbonyl (C=O) groups excluding carboxylic acids is 4. The third kappa shape index (κ3) is 13.4. The van der Waals surface area contributed by atoms with Crippen LogP contribution in [0.4, 0.5) is 4.79 Å². The molecule has 31 heavy (non-hydrogen) atoms. The van der Waals surface area contributed by atoms with Crippen LogP contribution in [0.3, 0.4) is 0 Å². The quantitative estimate of drug-likeness (QED) is 0.173. The molecule has 1 aliphatic rings. The highest BCUT2D eigenvalue weighted by molar-refractivity contribution is 6.01.